The molecule has 1 aromatic carbocycles. The standard InChI is InChI=1S/C21H19ClN6O/c1-13(11-18-24-21(29-27-18)15-3-2-4-16(22)12-15)19-25-26-20(28(19)17-5-6-17)14-7-9-23-10-8-14/h2-4,7-10,12-13,17H,5-6,11H2,1H3. The molecule has 1 atom stereocenters. The van der Waals surface area contributed by atoms with Crippen LogP contribution >= 0.6 is 11.6 Å². The maximum atomic E-state index is 6.06. The van der Waals surface area contributed by atoms with Gasteiger partial charge in [-0.15, -0.1) is 10.2 Å². The first-order chi connectivity index (χ1) is 14.2. The Labute approximate surface area is 172 Å². The summed E-state index contributed by atoms with van der Waals surface area (Å²) < 4.78 is 7.70. The van der Waals surface area contributed by atoms with E-state index in [1.165, 1.54) is 0 Å². The van der Waals surface area contributed by atoms with Gasteiger partial charge in [0.25, 0.3) is 5.89 Å². The first-order valence-corrected chi connectivity index (χ1v) is 10.0. The summed E-state index contributed by atoms with van der Waals surface area (Å²) in [5.74, 6) is 3.06. The lowest BCUT2D eigenvalue weighted by Gasteiger charge is -2.13. The Hall–Kier alpha value is -3.06. The third-order valence-electron chi connectivity index (χ3n) is 5.04. The number of hydrogen-bond donors (Lipinski definition) is 0. The SMILES string of the molecule is CC(Cc1noc(-c2cccc(Cl)c2)n1)c1nnc(-c2ccncc2)n1C1CC1. The molecule has 29 heavy (non-hydrogen) atoms. The number of aromatic nitrogens is 6. The Morgan fingerprint density at radius 2 is 1.97 bits per heavy atom. The summed E-state index contributed by atoms with van der Waals surface area (Å²) in [5.41, 5.74) is 1.84. The normalized spacial score (nSPS) is 14.8. The van der Waals surface area contributed by atoms with Crippen molar-refractivity contribution in [2.45, 2.75) is 38.1 Å². The highest BCUT2D eigenvalue weighted by Crippen LogP contribution is 2.40. The second-order valence-electron chi connectivity index (χ2n) is 7.35. The van der Waals surface area contributed by atoms with Gasteiger partial charge in [-0.3, -0.25) is 4.98 Å². The third-order valence-corrected chi connectivity index (χ3v) is 5.28. The Morgan fingerprint density at radius 1 is 1.14 bits per heavy atom. The lowest BCUT2D eigenvalue weighted by atomic mass is 10.1. The van der Waals surface area contributed by atoms with Crippen molar-refractivity contribution >= 4 is 11.6 Å². The molecule has 4 aromatic rings. The van der Waals surface area contributed by atoms with Gasteiger partial charge in [-0.05, 0) is 43.2 Å². The molecular weight excluding hydrogens is 388 g/mol. The maximum Gasteiger partial charge on any atom is 0.257 e. The zero-order valence-electron chi connectivity index (χ0n) is 15.9. The van der Waals surface area contributed by atoms with E-state index in [4.69, 9.17) is 16.1 Å². The van der Waals surface area contributed by atoms with E-state index >= 15 is 0 Å². The van der Waals surface area contributed by atoms with Crippen LogP contribution in [0.1, 0.15) is 43.4 Å². The monoisotopic (exact) mass is 406 g/mol. The quantitative estimate of drug-likeness (QED) is 0.460. The van der Waals surface area contributed by atoms with E-state index in [0.717, 1.165) is 35.6 Å². The molecule has 3 heterocycles. The minimum Gasteiger partial charge on any atom is -0.334 e. The fraction of sp³-hybridized carbons (Fsp3) is 0.286. The van der Waals surface area contributed by atoms with E-state index < -0.39 is 0 Å². The second kappa shape index (κ2) is 7.40. The van der Waals surface area contributed by atoms with Gasteiger partial charge < -0.3 is 9.09 Å². The fourth-order valence-electron chi connectivity index (χ4n) is 3.47. The Bertz CT molecular complexity index is 1140. The summed E-state index contributed by atoms with van der Waals surface area (Å²) >= 11 is 6.06. The van der Waals surface area contributed by atoms with E-state index in [1.54, 1.807) is 12.4 Å². The molecule has 1 fully saturated rings. The molecule has 0 amide bonds. The Balaban J connectivity index is 1.41. The highest BCUT2D eigenvalue weighted by atomic mass is 35.5. The second-order valence-corrected chi connectivity index (χ2v) is 7.79. The highest BCUT2D eigenvalue weighted by Gasteiger charge is 2.32. The van der Waals surface area contributed by atoms with Crippen LogP contribution < -0.4 is 0 Å². The predicted molar refractivity (Wildman–Crippen MR) is 108 cm³/mol. The number of rotatable bonds is 6. The maximum absolute atomic E-state index is 6.06. The number of nitrogens with zero attached hydrogens (tertiary/aromatic N) is 6. The zero-order valence-corrected chi connectivity index (χ0v) is 16.6. The lowest BCUT2D eigenvalue weighted by molar-refractivity contribution is 0.419. The Kier molecular flexibility index (Phi) is 4.60. The summed E-state index contributed by atoms with van der Waals surface area (Å²) in [4.78, 5) is 8.64. The van der Waals surface area contributed by atoms with Crippen molar-refractivity contribution < 1.29 is 4.52 Å². The number of benzene rings is 1. The largest absolute Gasteiger partial charge is 0.334 e. The number of hydrogen-bond acceptors (Lipinski definition) is 6. The van der Waals surface area contributed by atoms with Gasteiger partial charge in [0.05, 0.1) is 0 Å². The van der Waals surface area contributed by atoms with Crippen molar-refractivity contribution in [2.24, 2.45) is 0 Å². The molecule has 5 rings (SSSR count). The van der Waals surface area contributed by atoms with E-state index in [2.05, 4.69) is 36.8 Å². The van der Waals surface area contributed by atoms with Gasteiger partial charge in [0.15, 0.2) is 11.6 Å². The minimum absolute atomic E-state index is 0.100. The average molecular weight is 407 g/mol. The van der Waals surface area contributed by atoms with Crippen molar-refractivity contribution in [3.8, 4) is 22.8 Å². The van der Waals surface area contributed by atoms with Gasteiger partial charge in [-0.25, -0.2) is 0 Å². The average Bonchev–Trinajstić information content (AvgIpc) is 3.30. The molecule has 0 bridgehead atoms. The molecule has 1 aliphatic rings. The van der Waals surface area contributed by atoms with Crippen LogP contribution in [0.2, 0.25) is 5.02 Å². The first kappa shape index (κ1) is 18.0. The summed E-state index contributed by atoms with van der Waals surface area (Å²) in [6.07, 6.45) is 6.47. The Morgan fingerprint density at radius 3 is 2.72 bits per heavy atom. The van der Waals surface area contributed by atoms with Crippen LogP contribution in [0.15, 0.2) is 53.3 Å². The van der Waals surface area contributed by atoms with Crippen LogP contribution in [-0.2, 0) is 6.42 Å². The van der Waals surface area contributed by atoms with Crippen molar-refractivity contribution in [3.05, 3.63) is 65.5 Å². The van der Waals surface area contributed by atoms with Gasteiger partial charge in [0.2, 0.25) is 0 Å². The smallest absolute Gasteiger partial charge is 0.257 e. The number of pyridine rings is 1. The third kappa shape index (κ3) is 3.65. The summed E-state index contributed by atoms with van der Waals surface area (Å²) in [6, 6.07) is 11.8. The molecule has 1 aliphatic carbocycles. The van der Waals surface area contributed by atoms with Gasteiger partial charge in [0, 0.05) is 46.9 Å². The number of halogens is 1. The molecule has 1 saturated carbocycles. The van der Waals surface area contributed by atoms with Crippen molar-refractivity contribution in [2.75, 3.05) is 0 Å². The van der Waals surface area contributed by atoms with Crippen LogP contribution in [0.3, 0.4) is 0 Å². The van der Waals surface area contributed by atoms with Crippen molar-refractivity contribution in [1.82, 2.24) is 29.9 Å². The van der Waals surface area contributed by atoms with Gasteiger partial charge in [-0.2, -0.15) is 4.98 Å². The molecule has 0 aliphatic heterocycles. The predicted octanol–water partition coefficient (Wildman–Crippen LogP) is 4.72. The van der Waals surface area contributed by atoms with E-state index in [1.807, 2.05) is 36.4 Å². The lowest BCUT2D eigenvalue weighted by Crippen LogP contribution is -2.10. The molecule has 3 aromatic heterocycles. The first-order valence-electron chi connectivity index (χ1n) is 9.63. The minimum atomic E-state index is 0.100. The van der Waals surface area contributed by atoms with Crippen LogP contribution in [0.5, 0.6) is 0 Å². The van der Waals surface area contributed by atoms with E-state index in [0.29, 0.717) is 29.2 Å². The van der Waals surface area contributed by atoms with Crippen molar-refractivity contribution in [3.63, 3.8) is 0 Å². The van der Waals surface area contributed by atoms with Gasteiger partial charge >= 0.3 is 0 Å². The topological polar surface area (TPSA) is 82.5 Å². The molecule has 8 heteroatoms. The van der Waals surface area contributed by atoms with Gasteiger partial charge in [0.1, 0.15) is 5.82 Å². The molecule has 146 valence electrons. The summed E-state index contributed by atoms with van der Waals surface area (Å²) in [6.45, 7) is 2.12. The zero-order chi connectivity index (χ0) is 19.8. The molecule has 0 N–H and O–H groups in total. The molecular formula is C21H19ClN6O. The molecule has 0 radical (unpaired) electrons. The molecule has 7 nitrogen and oxygen atoms in total. The fourth-order valence-corrected chi connectivity index (χ4v) is 3.66. The summed E-state index contributed by atoms with van der Waals surface area (Å²) in [7, 11) is 0. The van der Waals surface area contributed by atoms with E-state index in [-0.39, 0.29) is 5.92 Å². The van der Waals surface area contributed by atoms with Gasteiger partial charge in [-0.1, -0.05) is 29.7 Å². The van der Waals surface area contributed by atoms with Crippen LogP contribution in [0, 0.1) is 0 Å². The van der Waals surface area contributed by atoms with Crippen LogP contribution in [0.25, 0.3) is 22.8 Å². The molecule has 0 saturated heterocycles. The van der Waals surface area contributed by atoms with E-state index in [9.17, 15) is 0 Å². The molecule has 0 spiro atoms. The highest BCUT2D eigenvalue weighted by molar-refractivity contribution is 6.30. The van der Waals surface area contributed by atoms with Crippen molar-refractivity contribution in [1.29, 1.82) is 0 Å². The van der Waals surface area contributed by atoms with Crippen LogP contribution in [-0.4, -0.2) is 29.9 Å². The van der Waals surface area contributed by atoms with Crippen LogP contribution in [0.4, 0.5) is 0 Å². The summed E-state index contributed by atoms with van der Waals surface area (Å²) in [5, 5.41) is 13.8. The molecule has 1 unspecified atom stereocenters.